The van der Waals surface area contributed by atoms with Gasteiger partial charge in [0, 0.05) is 39.3 Å². The zero-order valence-electron chi connectivity index (χ0n) is 38.5. The average Bonchev–Trinajstić information content (AvgIpc) is 3.21. The van der Waals surface area contributed by atoms with Crippen LogP contribution in [-0.4, -0.2) is 110 Å². The van der Waals surface area contributed by atoms with Gasteiger partial charge in [0.2, 0.25) is 11.8 Å². The Morgan fingerprint density at radius 2 is 0.625 bits per heavy atom. The van der Waals surface area contributed by atoms with Gasteiger partial charge in [-0.15, -0.1) is 0 Å². The molecule has 0 spiro atoms. The predicted octanol–water partition coefficient (Wildman–Crippen LogP) is 12.0. The van der Waals surface area contributed by atoms with Crippen molar-refractivity contribution < 1.29 is 9.59 Å². The van der Waals surface area contributed by atoms with Crippen LogP contribution in [0.15, 0.2) is 0 Å². The Bertz CT molecular complexity index is 830. The maximum absolute atomic E-state index is 13.6. The van der Waals surface area contributed by atoms with Crippen LogP contribution in [0, 0.1) is 0 Å². The molecule has 1 saturated heterocycles. The fraction of sp³-hybridized carbons (Fsp3) is 0.959. The molecule has 1 rings (SSSR count). The standard InChI is InChI=1S/C49H99N5O2/c1-5-9-13-17-21-22-23-24-28-32-36-50-37-41-52(40-35-31-27-20-16-12-8-4)47-49(56)54-44-42-53(43-45-54)48(55)46-51(38-33-29-25-18-14-10-6-2)39-34-30-26-19-15-11-7-3/h50H,5-47H2,1-4H3. The van der Waals surface area contributed by atoms with Gasteiger partial charge < -0.3 is 15.1 Å². The van der Waals surface area contributed by atoms with Crippen molar-refractivity contribution >= 4 is 11.8 Å². The average molecular weight is 790 g/mol. The third kappa shape index (κ3) is 31.8. The molecule has 1 heterocycles. The van der Waals surface area contributed by atoms with E-state index in [9.17, 15) is 9.59 Å². The summed E-state index contributed by atoms with van der Waals surface area (Å²) in [5.41, 5.74) is 0. The fourth-order valence-electron chi connectivity index (χ4n) is 8.30. The summed E-state index contributed by atoms with van der Waals surface area (Å²) in [6, 6.07) is 0. The Hall–Kier alpha value is -1.18. The summed E-state index contributed by atoms with van der Waals surface area (Å²) in [6.07, 6.45) is 41.1. The lowest BCUT2D eigenvalue weighted by Crippen LogP contribution is -2.54. The van der Waals surface area contributed by atoms with Gasteiger partial charge in [-0.25, -0.2) is 0 Å². The van der Waals surface area contributed by atoms with E-state index in [0.717, 1.165) is 39.3 Å². The van der Waals surface area contributed by atoms with Crippen molar-refractivity contribution in [2.24, 2.45) is 0 Å². The summed E-state index contributed by atoms with van der Waals surface area (Å²) in [7, 11) is 0. The molecule has 2 amide bonds. The molecule has 7 heteroatoms. The van der Waals surface area contributed by atoms with Gasteiger partial charge in [-0.1, -0.05) is 201 Å². The molecule has 1 aliphatic rings. The minimum absolute atomic E-state index is 0.245. The summed E-state index contributed by atoms with van der Waals surface area (Å²) in [4.78, 5) is 36.1. The number of carbonyl (C=O) groups excluding carboxylic acids is 2. The summed E-state index contributed by atoms with van der Waals surface area (Å²) in [5.74, 6) is 0.506. The highest BCUT2D eigenvalue weighted by atomic mass is 16.2. The number of hydrogen-bond acceptors (Lipinski definition) is 5. The lowest BCUT2D eigenvalue weighted by atomic mass is 10.1. The number of hydrogen-bond donors (Lipinski definition) is 1. The van der Waals surface area contributed by atoms with Crippen molar-refractivity contribution in [1.82, 2.24) is 24.9 Å². The van der Waals surface area contributed by atoms with Crippen LogP contribution < -0.4 is 5.32 Å². The first-order valence-electron chi connectivity index (χ1n) is 25.3. The number of unbranched alkanes of at least 4 members (excludes halogenated alkanes) is 27. The van der Waals surface area contributed by atoms with Crippen LogP contribution in [0.25, 0.3) is 0 Å². The molecular weight excluding hydrogens is 691 g/mol. The molecule has 56 heavy (non-hydrogen) atoms. The van der Waals surface area contributed by atoms with E-state index in [2.05, 4.69) is 42.8 Å². The molecule has 1 fully saturated rings. The van der Waals surface area contributed by atoms with Crippen LogP contribution in [0.1, 0.15) is 227 Å². The van der Waals surface area contributed by atoms with Gasteiger partial charge in [-0.3, -0.25) is 19.4 Å². The van der Waals surface area contributed by atoms with Crippen LogP contribution in [0.4, 0.5) is 0 Å². The highest BCUT2D eigenvalue weighted by Gasteiger charge is 2.26. The molecule has 0 saturated carbocycles. The fourth-order valence-corrected chi connectivity index (χ4v) is 8.30. The summed E-state index contributed by atoms with van der Waals surface area (Å²) >= 11 is 0. The van der Waals surface area contributed by atoms with Crippen LogP contribution in [-0.2, 0) is 9.59 Å². The first-order valence-corrected chi connectivity index (χ1v) is 25.3. The van der Waals surface area contributed by atoms with E-state index >= 15 is 0 Å². The van der Waals surface area contributed by atoms with Crippen molar-refractivity contribution in [2.45, 2.75) is 227 Å². The number of nitrogens with one attached hydrogen (secondary N) is 1. The summed E-state index contributed by atoms with van der Waals surface area (Å²) in [6.45, 7) is 18.9. The number of rotatable bonds is 42. The van der Waals surface area contributed by atoms with E-state index in [4.69, 9.17) is 0 Å². The molecular formula is C49H99N5O2. The Morgan fingerprint density at radius 3 is 0.946 bits per heavy atom. The molecule has 0 aromatic carbocycles. The van der Waals surface area contributed by atoms with E-state index < -0.39 is 0 Å². The number of amides is 2. The van der Waals surface area contributed by atoms with Crippen LogP contribution in [0.5, 0.6) is 0 Å². The SMILES string of the molecule is CCCCCCCCCCCCNCCN(CCCCCCCCC)CC(=O)N1CCN(C(=O)CN(CCCCCCCCC)CCCCCCCCC)CC1. The number of piperazine rings is 1. The van der Waals surface area contributed by atoms with E-state index in [-0.39, 0.29) is 11.8 Å². The molecule has 1 aliphatic heterocycles. The Labute approximate surface area is 350 Å². The maximum atomic E-state index is 13.6. The van der Waals surface area contributed by atoms with E-state index in [1.54, 1.807) is 0 Å². The third-order valence-electron chi connectivity index (χ3n) is 12.2. The lowest BCUT2D eigenvalue weighted by molar-refractivity contribution is -0.140. The number of nitrogens with zero attached hydrogens (tertiary/aromatic N) is 4. The minimum atomic E-state index is 0.245. The van der Waals surface area contributed by atoms with Gasteiger partial charge in [0.15, 0.2) is 0 Å². The Kier molecular flexibility index (Phi) is 38.3. The highest BCUT2D eigenvalue weighted by molar-refractivity contribution is 5.80. The molecule has 332 valence electrons. The van der Waals surface area contributed by atoms with Crippen molar-refractivity contribution in [3.63, 3.8) is 0 Å². The first-order chi connectivity index (χ1) is 27.5. The molecule has 0 bridgehead atoms. The zero-order valence-corrected chi connectivity index (χ0v) is 38.5. The van der Waals surface area contributed by atoms with Crippen LogP contribution >= 0.6 is 0 Å². The molecule has 7 nitrogen and oxygen atoms in total. The van der Waals surface area contributed by atoms with Gasteiger partial charge >= 0.3 is 0 Å². The van der Waals surface area contributed by atoms with Crippen molar-refractivity contribution in [3.8, 4) is 0 Å². The summed E-state index contributed by atoms with van der Waals surface area (Å²) < 4.78 is 0. The van der Waals surface area contributed by atoms with Gasteiger partial charge in [-0.05, 0) is 51.9 Å². The third-order valence-corrected chi connectivity index (χ3v) is 12.2. The predicted molar refractivity (Wildman–Crippen MR) is 245 cm³/mol. The van der Waals surface area contributed by atoms with Gasteiger partial charge in [0.1, 0.15) is 0 Å². The monoisotopic (exact) mass is 790 g/mol. The smallest absolute Gasteiger partial charge is 0.236 e. The maximum Gasteiger partial charge on any atom is 0.236 e. The number of carbonyl (C=O) groups is 2. The first kappa shape index (κ1) is 52.8. The molecule has 0 atom stereocenters. The summed E-state index contributed by atoms with van der Waals surface area (Å²) in [5, 5.41) is 3.69. The van der Waals surface area contributed by atoms with Gasteiger partial charge in [0.25, 0.3) is 0 Å². The molecule has 0 aliphatic carbocycles. The molecule has 0 aromatic heterocycles. The Morgan fingerprint density at radius 1 is 0.357 bits per heavy atom. The molecule has 0 aromatic rings. The van der Waals surface area contributed by atoms with Crippen molar-refractivity contribution in [1.29, 1.82) is 0 Å². The van der Waals surface area contributed by atoms with Crippen LogP contribution in [0.3, 0.4) is 0 Å². The zero-order chi connectivity index (χ0) is 40.6. The van der Waals surface area contributed by atoms with E-state index in [1.165, 1.54) is 199 Å². The second-order valence-electron chi connectivity index (χ2n) is 17.6. The molecule has 1 N–H and O–H groups in total. The van der Waals surface area contributed by atoms with Crippen LogP contribution in [0.2, 0.25) is 0 Å². The Balaban J connectivity index is 2.50. The normalized spacial score (nSPS) is 13.5. The van der Waals surface area contributed by atoms with E-state index in [1.807, 2.05) is 9.80 Å². The molecule has 0 radical (unpaired) electrons. The molecule has 0 unspecified atom stereocenters. The highest BCUT2D eigenvalue weighted by Crippen LogP contribution is 2.14. The second kappa shape index (κ2) is 40.6. The van der Waals surface area contributed by atoms with Gasteiger partial charge in [0.05, 0.1) is 13.1 Å². The second-order valence-corrected chi connectivity index (χ2v) is 17.6. The largest absolute Gasteiger partial charge is 0.338 e. The lowest BCUT2D eigenvalue weighted by Gasteiger charge is -2.37. The topological polar surface area (TPSA) is 59.1 Å². The van der Waals surface area contributed by atoms with Crippen molar-refractivity contribution in [2.75, 3.05) is 78.5 Å². The van der Waals surface area contributed by atoms with Crippen molar-refractivity contribution in [3.05, 3.63) is 0 Å². The van der Waals surface area contributed by atoms with Gasteiger partial charge in [-0.2, -0.15) is 0 Å². The van der Waals surface area contributed by atoms with E-state index in [0.29, 0.717) is 39.3 Å². The minimum Gasteiger partial charge on any atom is -0.338 e. The quantitative estimate of drug-likeness (QED) is 0.0624.